The van der Waals surface area contributed by atoms with E-state index >= 15 is 0 Å². The number of nitrogens with one attached hydrogen (secondary N) is 1. The summed E-state index contributed by atoms with van der Waals surface area (Å²) in [7, 11) is 0. The van der Waals surface area contributed by atoms with Crippen LogP contribution in [0.4, 0.5) is 5.69 Å². The highest BCUT2D eigenvalue weighted by Gasteiger charge is 2.15. The van der Waals surface area contributed by atoms with Gasteiger partial charge in [-0.2, -0.15) is 0 Å². The minimum Gasteiger partial charge on any atom is -0.493 e. The number of carbonyl (C=O) groups excluding carboxylic acids is 1. The molecule has 4 nitrogen and oxygen atoms in total. The Kier molecular flexibility index (Phi) is 6.49. The van der Waals surface area contributed by atoms with E-state index in [1.807, 2.05) is 67.6 Å². The Hall–Kier alpha value is -2.79. The monoisotopic (exact) mass is 425 g/mol. The van der Waals surface area contributed by atoms with E-state index in [4.69, 9.17) is 9.47 Å². The zero-order valence-electron chi connectivity index (χ0n) is 14.9. The van der Waals surface area contributed by atoms with Crippen molar-refractivity contribution in [2.45, 2.75) is 13.5 Å². The lowest BCUT2D eigenvalue weighted by Crippen LogP contribution is -2.14. The number of hydrogen-bond acceptors (Lipinski definition) is 3. The molecule has 5 heteroatoms. The van der Waals surface area contributed by atoms with Crippen LogP contribution in [0.2, 0.25) is 0 Å². The lowest BCUT2D eigenvalue weighted by atomic mass is 10.1. The van der Waals surface area contributed by atoms with Crippen LogP contribution in [0.3, 0.4) is 0 Å². The second-order valence-corrected chi connectivity index (χ2v) is 6.71. The molecule has 0 aliphatic carbocycles. The summed E-state index contributed by atoms with van der Waals surface area (Å²) in [4.78, 5) is 12.8. The fourth-order valence-corrected chi connectivity index (χ4v) is 2.94. The van der Waals surface area contributed by atoms with Gasteiger partial charge in [0.1, 0.15) is 18.1 Å². The Morgan fingerprint density at radius 2 is 1.67 bits per heavy atom. The Bertz CT molecular complexity index is 912. The van der Waals surface area contributed by atoms with Gasteiger partial charge in [-0.25, -0.2) is 0 Å². The molecule has 0 aliphatic rings. The van der Waals surface area contributed by atoms with Gasteiger partial charge in [0, 0.05) is 4.47 Å². The van der Waals surface area contributed by atoms with Crippen molar-refractivity contribution in [2.75, 3.05) is 11.9 Å². The van der Waals surface area contributed by atoms with E-state index < -0.39 is 0 Å². The van der Waals surface area contributed by atoms with E-state index in [0.717, 1.165) is 10.0 Å². The zero-order chi connectivity index (χ0) is 19.1. The molecule has 0 aromatic heterocycles. The smallest absolute Gasteiger partial charge is 0.259 e. The number of hydrogen-bond donors (Lipinski definition) is 1. The summed E-state index contributed by atoms with van der Waals surface area (Å²) in [5.74, 6) is 0.902. The highest BCUT2D eigenvalue weighted by atomic mass is 79.9. The summed E-state index contributed by atoms with van der Waals surface area (Å²) < 4.78 is 12.3. The van der Waals surface area contributed by atoms with Crippen LogP contribution in [0, 0.1) is 0 Å². The van der Waals surface area contributed by atoms with E-state index in [9.17, 15) is 4.79 Å². The quantitative estimate of drug-likeness (QED) is 0.529. The van der Waals surface area contributed by atoms with Crippen LogP contribution in [-0.2, 0) is 6.61 Å². The summed E-state index contributed by atoms with van der Waals surface area (Å²) >= 11 is 3.41. The predicted octanol–water partition coefficient (Wildman–Crippen LogP) is 5.68. The highest BCUT2D eigenvalue weighted by Crippen LogP contribution is 2.28. The van der Waals surface area contributed by atoms with Crippen LogP contribution in [0.5, 0.6) is 11.5 Å². The standard InChI is InChI=1S/C22H20BrNO3/c1-2-26-20-13-12-17(23)14-18(20)22(25)24-19-10-6-7-11-21(19)27-15-16-8-4-3-5-9-16/h3-14H,2,15H2,1H3,(H,24,25). The summed E-state index contributed by atoms with van der Waals surface area (Å²) in [5, 5.41) is 2.92. The minimum atomic E-state index is -0.254. The molecule has 1 N–H and O–H groups in total. The number of amides is 1. The molecular formula is C22H20BrNO3. The van der Waals surface area contributed by atoms with E-state index in [-0.39, 0.29) is 5.91 Å². The maximum Gasteiger partial charge on any atom is 0.259 e. The molecule has 0 radical (unpaired) electrons. The van der Waals surface area contributed by atoms with Gasteiger partial charge in [-0.1, -0.05) is 58.4 Å². The van der Waals surface area contributed by atoms with Crippen molar-refractivity contribution in [1.82, 2.24) is 0 Å². The van der Waals surface area contributed by atoms with Gasteiger partial charge in [0.15, 0.2) is 0 Å². The average molecular weight is 426 g/mol. The molecular weight excluding hydrogens is 406 g/mol. The summed E-state index contributed by atoms with van der Waals surface area (Å²) in [6, 6.07) is 22.6. The zero-order valence-corrected chi connectivity index (χ0v) is 16.5. The van der Waals surface area contributed by atoms with Crippen molar-refractivity contribution in [3.8, 4) is 11.5 Å². The second kappa shape index (κ2) is 9.24. The van der Waals surface area contributed by atoms with E-state index in [1.54, 1.807) is 12.1 Å². The summed E-state index contributed by atoms with van der Waals surface area (Å²) in [6.07, 6.45) is 0. The van der Waals surface area contributed by atoms with Crippen molar-refractivity contribution in [1.29, 1.82) is 0 Å². The van der Waals surface area contributed by atoms with E-state index in [1.165, 1.54) is 0 Å². The molecule has 0 spiro atoms. The highest BCUT2D eigenvalue weighted by molar-refractivity contribution is 9.10. The fourth-order valence-electron chi connectivity index (χ4n) is 2.58. The molecule has 0 heterocycles. The third-order valence-corrected chi connectivity index (χ3v) is 4.35. The second-order valence-electron chi connectivity index (χ2n) is 5.80. The Balaban J connectivity index is 1.78. The third kappa shape index (κ3) is 5.11. The van der Waals surface area contributed by atoms with Gasteiger partial charge in [0.2, 0.25) is 0 Å². The molecule has 27 heavy (non-hydrogen) atoms. The average Bonchev–Trinajstić information content (AvgIpc) is 2.69. The van der Waals surface area contributed by atoms with E-state index in [0.29, 0.717) is 36.0 Å². The van der Waals surface area contributed by atoms with Crippen LogP contribution in [0.15, 0.2) is 77.3 Å². The van der Waals surface area contributed by atoms with Crippen molar-refractivity contribution in [3.63, 3.8) is 0 Å². The lowest BCUT2D eigenvalue weighted by Gasteiger charge is -2.14. The minimum absolute atomic E-state index is 0.254. The lowest BCUT2D eigenvalue weighted by molar-refractivity contribution is 0.102. The maximum absolute atomic E-state index is 12.8. The van der Waals surface area contributed by atoms with Gasteiger partial charge >= 0.3 is 0 Å². The summed E-state index contributed by atoms with van der Waals surface area (Å²) in [5.41, 5.74) is 2.13. The van der Waals surface area contributed by atoms with Gasteiger partial charge in [0.05, 0.1) is 17.9 Å². The molecule has 0 unspecified atom stereocenters. The van der Waals surface area contributed by atoms with Crippen LogP contribution in [0.1, 0.15) is 22.8 Å². The van der Waals surface area contributed by atoms with E-state index in [2.05, 4.69) is 21.2 Å². The first kappa shape index (κ1) is 19.0. The summed E-state index contributed by atoms with van der Waals surface area (Å²) in [6.45, 7) is 2.80. The molecule has 0 saturated carbocycles. The Morgan fingerprint density at radius 1 is 0.926 bits per heavy atom. The normalized spacial score (nSPS) is 10.3. The number of ether oxygens (including phenoxy) is 2. The van der Waals surface area contributed by atoms with Crippen molar-refractivity contribution >= 4 is 27.5 Å². The number of anilines is 1. The maximum atomic E-state index is 12.8. The fraction of sp³-hybridized carbons (Fsp3) is 0.136. The molecule has 0 fully saturated rings. The molecule has 138 valence electrons. The van der Waals surface area contributed by atoms with Crippen molar-refractivity contribution in [3.05, 3.63) is 88.4 Å². The van der Waals surface area contributed by atoms with Gasteiger partial charge < -0.3 is 14.8 Å². The van der Waals surface area contributed by atoms with Gasteiger partial charge in [-0.3, -0.25) is 4.79 Å². The Morgan fingerprint density at radius 3 is 2.44 bits per heavy atom. The Labute approximate surface area is 167 Å². The topological polar surface area (TPSA) is 47.6 Å². The van der Waals surface area contributed by atoms with Crippen LogP contribution < -0.4 is 14.8 Å². The number of rotatable bonds is 7. The first-order chi connectivity index (χ1) is 13.2. The SMILES string of the molecule is CCOc1ccc(Br)cc1C(=O)Nc1ccccc1OCc1ccccc1. The van der Waals surface area contributed by atoms with Gasteiger partial charge in [-0.15, -0.1) is 0 Å². The van der Waals surface area contributed by atoms with Gasteiger partial charge in [-0.05, 0) is 42.8 Å². The molecule has 0 aliphatic heterocycles. The number of carbonyl (C=O) groups is 1. The third-order valence-electron chi connectivity index (χ3n) is 3.86. The number of benzene rings is 3. The molecule has 0 atom stereocenters. The molecule has 3 rings (SSSR count). The van der Waals surface area contributed by atoms with Crippen LogP contribution in [0.25, 0.3) is 0 Å². The van der Waals surface area contributed by atoms with Crippen LogP contribution >= 0.6 is 15.9 Å². The molecule has 0 saturated heterocycles. The molecule has 3 aromatic rings. The van der Waals surface area contributed by atoms with Crippen molar-refractivity contribution < 1.29 is 14.3 Å². The first-order valence-electron chi connectivity index (χ1n) is 8.67. The van der Waals surface area contributed by atoms with Crippen molar-refractivity contribution in [2.24, 2.45) is 0 Å². The first-order valence-corrected chi connectivity index (χ1v) is 9.46. The van der Waals surface area contributed by atoms with Crippen LogP contribution in [-0.4, -0.2) is 12.5 Å². The molecule has 1 amide bonds. The number of halogens is 1. The molecule has 3 aromatic carbocycles. The molecule has 0 bridgehead atoms. The number of para-hydroxylation sites is 2. The van der Waals surface area contributed by atoms with Gasteiger partial charge in [0.25, 0.3) is 5.91 Å². The largest absolute Gasteiger partial charge is 0.493 e. The predicted molar refractivity (Wildman–Crippen MR) is 110 cm³/mol.